The van der Waals surface area contributed by atoms with Crippen LogP contribution in [-0.4, -0.2) is 42.6 Å². The third-order valence-corrected chi connectivity index (χ3v) is 5.39. The van der Waals surface area contributed by atoms with Crippen LogP contribution in [0.1, 0.15) is 51.9 Å². The summed E-state index contributed by atoms with van der Waals surface area (Å²) in [5, 5.41) is 12.1. The average molecular weight is 429 g/mol. The van der Waals surface area contributed by atoms with E-state index in [0.717, 1.165) is 29.2 Å². The number of hydrogen-bond acceptors (Lipinski definition) is 6. The zero-order chi connectivity index (χ0) is 22.4. The summed E-state index contributed by atoms with van der Waals surface area (Å²) in [7, 11) is 0. The highest BCUT2D eigenvalue weighted by Crippen LogP contribution is 2.33. The normalized spacial score (nSPS) is 22.1. The molecule has 4 unspecified atom stereocenters. The van der Waals surface area contributed by atoms with Gasteiger partial charge in [-0.3, -0.25) is 0 Å². The van der Waals surface area contributed by atoms with Crippen LogP contribution in [0.25, 0.3) is 10.8 Å². The van der Waals surface area contributed by atoms with Gasteiger partial charge in [0.05, 0.1) is 12.2 Å². The van der Waals surface area contributed by atoms with Crippen LogP contribution in [0.15, 0.2) is 48.6 Å². The molecule has 0 spiro atoms. The van der Waals surface area contributed by atoms with Gasteiger partial charge in [-0.25, -0.2) is 4.79 Å². The molecule has 3 rings (SSSR count). The lowest BCUT2D eigenvalue weighted by atomic mass is 10.0. The van der Waals surface area contributed by atoms with Crippen molar-refractivity contribution in [3.63, 3.8) is 0 Å². The molecule has 0 bridgehead atoms. The van der Waals surface area contributed by atoms with Crippen LogP contribution in [0.2, 0.25) is 0 Å². The molecule has 0 aromatic heterocycles. The van der Waals surface area contributed by atoms with Crippen LogP contribution < -0.4 is 4.74 Å². The zero-order valence-electron chi connectivity index (χ0n) is 18.5. The largest absolute Gasteiger partial charge is 0.491 e. The maximum Gasteiger partial charge on any atom is 0.333 e. The molecule has 0 radical (unpaired) electrons. The van der Waals surface area contributed by atoms with Crippen LogP contribution in [0.4, 0.5) is 0 Å². The van der Waals surface area contributed by atoms with Crippen molar-refractivity contribution in [2.75, 3.05) is 13.2 Å². The minimum atomic E-state index is -0.916. The number of carbonyl (C=O) groups excluding carboxylic acids is 1. The van der Waals surface area contributed by atoms with Crippen molar-refractivity contribution in [2.24, 2.45) is 0 Å². The fraction of sp³-hybridized carbons (Fsp3) is 0.480. The van der Waals surface area contributed by atoms with Crippen LogP contribution in [0.5, 0.6) is 5.75 Å². The predicted molar refractivity (Wildman–Crippen MR) is 119 cm³/mol. The van der Waals surface area contributed by atoms with E-state index in [1.165, 1.54) is 0 Å². The van der Waals surface area contributed by atoms with E-state index in [4.69, 9.17) is 18.9 Å². The maximum atomic E-state index is 11.6. The molecule has 1 saturated heterocycles. The van der Waals surface area contributed by atoms with Gasteiger partial charge in [0.15, 0.2) is 6.29 Å². The third kappa shape index (κ3) is 6.29. The molecule has 2 aromatic rings. The van der Waals surface area contributed by atoms with Crippen LogP contribution in [-0.2, 0) is 19.0 Å². The Bertz CT molecular complexity index is 908. The first-order valence-electron chi connectivity index (χ1n) is 10.9. The standard InChI is InChI=1S/C25H32O6/c1-5-16(3)24(27)29-15-21(26)14-28-23-10-9-18-12-20(8-7-19(18)13-23)25-30-17(4)11-22(6-2)31-25/h7-10,12-13,17,21-22,25-26H,3,5-6,11,14-15H2,1-2,4H3. The van der Waals surface area contributed by atoms with Gasteiger partial charge in [0.2, 0.25) is 0 Å². The Morgan fingerprint density at radius 2 is 1.90 bits per heavy atom. The van der Waals surface area contributed by atoms with E-state index in [2.05, 4.69) is 26.5 Å². The van der Waals surface area contributed by atoms with E-state index in [1.54, 1.807) is 0 Å². The van der Waals surface area contributed by atoms with Gasteiger partial charge in [0.25, 0.3) is 0 Å². The number of aliphatic hydroxyl groups is 1. The first-order valence-corrected chi connectivity index (χ1v) is 10.9. The Balaban J connectivity index is 1.58. The zero-order valence-corrected chi connectivity index (χ0v) is 18.5. The molecule has 1 fully saturated rings. The minimum absolute atomic E-state index is 0.0233. The number of fused-ring (bicyclic) bond motifs is 1. The lowest BCUT2D eigenvalue weighted by Crippen LogP contribution is -2.31. The molecular formula is C25H32O6. The van der Waals surface area contributed by atoms with Gasteiger partial charge < -0.3 is 24.1 Å². The van der Waals surface area contributed by atoms with Gasteiger partial charge in [-0.05, 0) is 55.2 Å². The summed E-state index contributed by atoms with van der Waals surface area (Å²) < 4.78 is 22.8. The minimum Gasteiger partial charge on any atom is -0.491 e. The van der Waals surface area contributed by atoms with Crippen molar-refractivity contribution in [3.05, 3.63) is 54.1 Å². The van der Waals surface area contributed by atoms with E-state index >= 15 is 0 Å². The van der Waals surface area contributed by atoms with E-state index in [1.807, 2.05) is 37.3 Å². The summed E-state index contributed by atoms with van der Waals surface area (Å²) in [5.74, 6) is 0.141. The van der Waals surface area contributed by atoms with E-state index in [9.17, 15) is 9.90 Å². The van der Waals surface area contributed by atoms with Crippen molar-refractivity contribution in [1.29, 1.82) is 0 Å². The Hall–Kier alpha value is -2.41. The van der Waals surface area contributed by atoms with Crippen molar-refractivity contribution in [1.82, 2.24) is 0 Å². The molecular weight excluding hydrogens is 396 g/mol. The second-order valence-electron chi connectivity index (χ2n) is 7.97. The van der Waals surface area contributed by atoms with Gasteiger partial charge in [-0.15, -0.1) is 0 Å². The molecule has 1 aliphatic heterocycles. The summed E-state index contributed by atoms with van der Waals surface area (Å²) in [6.45, 7) is 9.54. The van der Waals surface area contributed by atoms with E-state index < -0.39 is 12.1 Å². The summed E-state index contributed by atoms with van der Waals surface area (Å²) in [4.78, 5) is 11.6. The Kier molecular flexibility index (Phi) is 8.07. The highest BCUT2D eigenvalue weighted by molar-refractivity contribution is 5.87. The summed E-state index contributed by atoms with van der Waals surface area (Å²) in [6.07, 6.45) is 1.52. The summed E-state index contributed by atoms with van der Waals surface area (Å²) in [5.41, 5.74) is 1.38. The number of esters is 1. The highest BCUT2D eigenvalue weighted by atomic mass is 16.7. The van der Waals surface area contributed by atoms with E-state index in [0.29, 0.717) is 17.7 Å². The van der Waals surface area contributed by atoms with Gasteiger partial charge in [0.1, 0.15) is 25.1 Å². The van der Waals surface area contributed by atoms with Gasteiger partial charge in [-0.2, -0.15) is 0 Å². The Labute approximate surface area is 183 Å². The lowest BCUT2D eigenvalue weighted by Gasteiger charge is -2.34. The molecule has 1 N–H and O–H groups in total. The van der Waals surface area contributed by atoms with Gasteiger partial charge in [-0.1, -0.05) is 38.6 Å². The number of aliphatic hydroxyl groups excluding tert-OH is 1. The summed E-state index contributed by atoms with van der Waals surface area (Å²) >= 11 is 0. The quantitative estimate of drug-likeness (QED) is 0.461. The number of benzene rings is 2. The van der Waals surface area contributed by atoms with Crippen molar-refractivity contribution in [2.45, 2.75) is 64.6 Å². The fourth-order valence-electron chi connectivity index (χ4n) is 3.46. The molecule has 4 atom stereocenters. The molecule has 168 valence electrons. The van der Waals surface area contributed by atoms with Crippen LogP contribution in [0, 0.1) is 0 Å². The molecule has 2 aromatic carbocycles. The van der Waals surface area contributed by atoms with Crippen molar-refractivity contribution < 1.29 is 28.8 Å². The first-order chi connectivity index (χ1) is 14.9. The topological polar surface area (TPSA) is 74.2 Å². The molecule has 0 amide bonds. The SMILES string of the molecule is C=C(CC)C(=O)OCC(O)COc1ccc2cc(C3OC(C)CC(CC)O3)ccc2c1. The first kappa shape index (κ1) is 23.3. The second kappa shape index (κ2) is 10.8. The Morgan fingerprint density at radius 1 is 1.16 bits per heavy atom. The molecule has 6 heteroatoms. The number of carbonyl (C=O) groups is 1. The van der Waals surface area contributed by atoms with Crippen molar-refractivity contribution in [3.8, 4) is 5.75 Å². The second-order valence-corrected chi connectivity index (χ2v) is 7.97. The predicted octanol–water partition coefficient (Wildman–Crippen LogP) is 4.69. The molecule has 0 aliphatic carbocycles. The maximum absolute atomic E-state index is 11.6. The molecule has 6 nitrogen and oxygen atoms in total. The fourth-order valence-corrected chi connectivity index (χ4v) is 3.46. The lowest BCUT2D eigenvalue weighted by molar-refractivity contribution is -0.243. The van der Waals surface area contributed by atoms with Crippen molar-refractivity contribution >= 4 is 16.7 Å². The Morgan fingerprint density at radius 3 is 2.65 bits per heavy atom. The monoisotopic (exact) mass is 428 g/mol. The van der Waals surface area contributed by atoms with Gasteiger partial charge >= 0.3 is 5.97 Å². The molecule has 31 heavy (non-hydrogen) atoms. The molecule has 0 saturated carbocycles. The van der Waals surface area contributed by atoms with E-state index in [-0.39, 0.29) is 31.7 Å². The highest BCUT2D eigenvalue weighted by Gasteiger charge is 2.27. The smallest absolute Gasteiger partial charge is 0.333 e. The van der Waals surface area contributed by atoms with Gasteiger partial charge in [0, 0.05) is 11.1 Å². The molecule has 1 heterocycles. The number of rotatable bonds is 9. The summed E-state index contributed by atoms with van der Waals surface area (Å²) in [6, 6.07) is 11.8. The van der Waals surface area contributed by atoms with Crippen LogP contribution >= 0.6 is 0 Å². The number of ether oxygens (including phenoxy) is 4. The average Bonchev–Trinajstić information content (AvgIpc) is 2.79. The molecule has 1 aliphatic rings. The third-order valence-electron chi connectivity index (χ3n) is 5.39. The van der Waals surface area contributed by atoms with Crippen LogP contribution in [0.3, 0.4) is 0 Å². The number of hydrogen-bond donors (Lipinski definition) is 1.